The molecule has 1 heteroatoms. The molecule has 0 aromatic heterocycles. The van der Waals surface area contributed by atoms with Crippen molar-refractivity contribution in [2.75, 3.05) is 0 Å². The minimum atomic E-state index is 0.206. The van der Waals surface area contributed by atoms with Crippen molar-refractivity contribution in [3.05, 3.63) is 48.0 Å². The topological polar surface area (TPSA) is 17.1 Å². The normalized spacial score (nSPS) is 9.93. The van der Waals surface area contributed by atoms with Crippen LogP contribution in [0.4, 0.5) is 0 Å². The number of hydrogen-bond acceptors (Lipinski definition) is 1. The van der Waals surface area contributed by atoms with Crippen molar-refractivity contribution in [3.8, 4) is 0 Å². The molecule has 0 saturated carbocycles. The SMILES string of the molecule is C=CCCC(=O)c1ccc(CCC)cc1. The Morgan fingerprint density at radius 1 is 1.33 bits per heavy atom. The standard InChI is InChI=1S/C14H18O/c1-3-5-7-14(15)13-10-8-12(6-4-2)9-11-13/h3,8-11H,1,4-7H2,2H3. The number of benzene rings is 1. The van der Waals surface area contributed by atoms with Gasteiger partial charge in [0.15, 0.2) is 5.78 Å². The predicted octanol–water partition coefficient (Wildman–Crippen LogP) is 3.79. The third-order valence-corrected chi connectivity index (χ3v) is 2.39. The van der Waals surface area contributed by atoms with Crippen molar-refractivity contribution in [2.24, 2.45) is 0 Å². The number of rotatable bonds is 6. The number of carbonyl (C=O) groups excluding carboxylic acids is 1. The Morgan fingerprint density at radius 3 is 2.53 bits per heavy atom. The molecule has 0 unspecified atom stereocenters. The molecule has 0 amide bonds. The van der Waals surface area contributed by atoms with Crippen molar-refractivity contribution < 1.29 is 4.79 Å². The summed E-state index contributed by atoms with van der Waals surface area (Å²) in [5.74, 6) is 0.206. The zero-order valence-electron chi connectivity index (χ0n) is 9.33. The molecule has 15 heavy (non-hydrogen) atoms. The van der Waals surface area contributed by atoms with Gasteiger partial charge in [0, 0.05) is 12.0 Å². The van der Waals surface area contributed by atoms with Gasteiger partial charge < -0.3 is 0 Å². The Hall–Kier alpha value is -1.37. The smallest absolute Gasteiger partial charge is 0.163 e. The number of hydrogen-bond donors (Lipinski definition) is 0. The number of ketones is 1. The van der Waals surface area contributed by atoms with Gasteiger partial charge in [-0.1, -0.05) is 43.7 Å². The van der Waals surface area contributed by atoms with Crippen LogP contribution in [0, 0.1) is 0 Å². The highest BCUT2D eigenvalue weighted by atomic mass is 16.1. The molecule has 0 saturated heterocycles. The molecule has 0 heterocycles. The van der Waals surface area contributed by atoms with Crippen molar-refractivity contribution in [2.45, 2.75) is 32.6 Å². The van der Waals surface area contributed by atoms with Gasteiger partial charge in [0.1, 0.15) is 0 Å². The van der Waals surface area contributed by atoms with Crippen molar-refractivity contribution in [1.82, 2.24) is 0 Å². The van der Waals surface area contributed by atoms with Gasteiger partial charge in [0.2, 0.25) is 0 Å². The Bertz CT molecular complexity index is 322. The fourth-order valence-corrected chi connectivity index (χ4v) is 1.52. The first kappa shape index (κ1) is 11.7. The lowest BCUT2D eigenvalue weighted by atomic mass is 10.0. The summed E-state index contributed by atoms with van der Waals surface area (Å²) in [6, 6.07) is 7.95. The van der Waals surface area contributed by atoms with E-state index in [0.717, 1.165) is 24.8 Å². The van der Waals surface area contributed by atoms with E-state index in [1.165, 1.54) is 5.56 Å². The molecular formula is C14H18O. The van der Waals surface area contributed by atoms with E-state index in [9.17, 15) is 4.79 Å². The van der Waals surface area contributed by atoms with Crippen molar-refractivity contribution in [3.63, 3.8) is 0 Å². The molecule has 0 spiro atoms. The van der Waals surface area contributed by atoms with Crippen molar-refractivity contribution in [1.29, 1.82) is 0 Å². The summed E-state index contributed by atoms with van der Waals surface area (Å²) in [5.41, 5.74) is 2.12. The Kier molecular flexibility index (Phi) is 4.82. The van der Waals surface area contributed by atoms with Crippen LogP contribution in [0.25, 0.3) is 0 Å². The van der Waals surface area contributed by atoms with E-state index in [4.69, 9.17) is 0 Å². The molecule has 80 valence electrons. The first-order chi connectivity index (χ1) is 7.27. The predicted molar refractivity (Wildman–Crippen MR) is 64.2 cm³/mol. The van der Waals surface area contributed by atoms with Gasteiger partial charge in [-0.2, -0.15) is 0 Å². The van der Waals surface area contributed by atoms with Crippen LogP contribution in [0.1, 0.15) is 42.1 Å². The van der Waals surface area contributed by atoms with E-state index in [1.54, 1.807) is 6.08 Å². The van der Waals surface area contributed by atoms with Crippen LogP contribution < -0.4 is 0 Å². The molecule has 0 aliphatic rings. The van der Waals surface area contributed by atoms with E-state index < -0.39 is 0 Å². The summed E-state index contributed by atoms with van der Waals surface area (Å²) < 4.78 is 0. The molecule has 0 atom stereocenters. The molecule has 1 aromatic rings. The Morgan fingerprint density at radius 2 is 2.00 bits per heavy atom. The number of aryl methyl sites for hydroxylation is 1. The largest absolute Gasteiger partial charge is 0.294 e. The van der Waals surface area contributed by atoms with Crippen LogP contribution in [0.2, 0.25) is 0 Å². The van der Waals surface area contributed by atoms with Gasteiger partial charge >= 0.3 is 0 Å². The zero-order valence-corrected chi connectivity index (χ0v) is 9.33. The summed E-state index contributed by atoms with van der Waals surface area (Å²) in [4.78, 5) is 11.6. The van der Waals surface area contributed by atoms with E-state index in [-0.39, 0.29) is 5.78 Å². The average Bonchev–Trinajstić information content (AvgIpc) is 2.27. The molecule has 0 fully saturated rings. The molecule has 0 aliphatic heterocycles. The molecule has 1 nitrogen and oxygen atoms in total. The minimum Gasteiger partial charge on any atom is -0.294 e. The van der Waals surface area contributed by atoms with Gasteiger partial charge in [-0.15, -0.1) is 6.58 Å². The quantitative estimate of drug-likeness (QED) is 0.506. The maximum atomic E-state index is 11.6. The fourth-order valence-electron chi connectivity index (χ4n) is 1.52. The second-order valence-electron chi connectivity index (χ2n) is 3.70. The highest BCUT2D eigenvalue weighted by Gasteiger charge is 2.03. The van der Waals surface area contributed by atoms with Crippen molar-refractivity contribution >= 4 is 5.78 Å². The average molecular weight is 202 g/mol. The molecule has 0 radical (unpaired) electrons. The third kappa shape index (κ3) is 3.70. The number of carbonyl (C=O) groups is 1. The van der Waals surface area contributed by atoms with Gasteiger partial charge in [0.05, 0.1) is 0 Å². The van der Waals surface area contributed by atoms with Crippen LogP contribution in [-0.2, 0) is 6.42 Å². The van der Waals surface area contributed by atoms with E-state index >= 15 is 0 Å². The van der Waals surface area contributed by atoms with Crippen LogP contribution in [0.15, 0.2) is 36.9 Å². The third-order valence-electron chi connectivity index (χ3n) is 2.39. The second-order valence-corrected chi connectivity index (χ2v) is 3.70. The van der Waals surface area contributed by atoms with Crippen LogP contribution >= 0.6 is 0 Å². The lowest BCUT2D eigenvalue weighted by molar-refractivity contribution is 0.0983. The van der Waals surface area contributed by atoms with E-state index in [1.807, 2.05) is 24.3 Å². The molecule has 1 aromatic carbocycles. The minimum absolute atomic E-state index is 0.206. The van der Waals surface area contributed by atoms with Gasteiger partial charge in [-0.25, -0.2) is 0 Å². The zero-order chi connectivity index (χ0) is 11.1. The molecule has 0 bridgehead atoms. The van der Waals surface area contributed by atoms with Crippen LogP contribution in [0.3, 0.4) is 0 Å². The number of Topliss-reactive ketones (excluding diaryl/α,β-unsaturated/α-hetero) is 1. The fraction of sp³-hybridized carbons (Fsp3) is 0.357. The Balaban J connectivity index is 2.62. The molecular weight excluding hydrogens is 184 g/mol. The first-order valence-electron chi connectivity index (χ1n) is 5.51. The number of allylic oxidation sites excluding steroid dienone is 1. The maximum absolute atomic E-state index is 11.6. The summed E-state index contributed by atoms with van der Waals surface area (Å²) in [6.07, 6.45) is 5.33. The summed E-state index contributed by atoms with van der Waals surface area (Å²) in [6.45, 7) is 5.77. The lowest BCUT2D eigenvalue weighted by Crippen LogP contribution is -1.98. The summed E-state index contributed by atoms with van der Waals surface area (Å²) >= 11 is 0. The highest BCUT2D eigenvalue weighted by molar-refractivity contribution is 5.96. The van der Waals surface area contributed by atoms with Gasteiger partial charge in [0.25, 0.3) is 0 Å². The van der Waals surface area contributed by atoms with Gasteiger partial charge in [-0.3, -0.25) is 4.79 Å². The maximum Gasteiger partial charge on any atom is 0.163 e. The van der Waals surface area contributed by atoms with E-state index in [0.29, 0.717) is 6.42 Å². The molecule has 1 rings (SSSR count). The van der Waals surface area contributed by atoms with Gasteiger partial charge in [-0.05, 0) is 18.4 Å². The second kappa shape index (κ2) is 6.18. The van der Waals surface area contributed by atoms with E-state index in [2.05, 4.69) is 13.5 Å². The summed E-state index contributed by atoms with van der Waals surface area (Å²) in [5, 5.41) is 0. The summed E-state index contributed by atoms with van der Waals surface area (Å²) in [7, 11) is 0. The molecule has 0 aliphatic carbocycles. The van der Waals surface area contributed by atoms with Crippen LogP contribution in [-0.4, -0.2) is 5.78 Å². The monoisotopic (exact) mass is 202 g/mol. The molecule has 0 N–H and O–H groups in total. The Labute approximate surface area is 91.8 Å². The highest BCUT2D eigenvalue weighted by Crippen LogP contribution is 2.09. The first-order valence-corrected chi connectivity index (χ1v) is 5.51. The lowest BCUT2D eigenvalue weighted by Gasteiger charge is -2.01. The van der Waals surface area contributed by atoms with Crippen LogP contribution in [0.5, 0.6) is 0 Å².